The summed E-state index contributed by atoms with van der Waals surface area (Å²) >= 11 is 1.31. The van der Waals surface area contributed by atoms with E-state index in [-0.39, 0.29) is 23.5 Å². The van der Waals surface area contributed by atoms with Crippen molar-refractivity contribution in [3.8, 4) is 0 Å². The van der Waals surface area contributed by atoms with Crippen LogP contribution in [0.25, 0.3) is 0 Å². The molecule has 3 heterocycles. The summed E-state index contributed by atoms with van der Waals surface area (Å²) in [7, 11) is 0. The van der Waals surface area contributed by atoms with E-state index in [1.54, 1.807) is 46.4 Å². The molecule has 1 aliphatic heterocycles. The van der Waals surface area contributed by atoms with E-state index in [2.05, 4.69) is 24.3 Å². The Bertz CT molecular complexity index is 1160. The number of amides is 3. The number of carbonyl (C=O) groups excluding carboxylic acids is 3. The van der Waals surface area contributed by atoms with Crippen molar-refractivity contribution in [2.45, 2.75) is 26.7 Å². The average Bonchev–Trinajstić information content (AvgIpc) is 3.47. The van der Waals surface area contributed by atoms with E-state index in [0.29, 0.717) is 53.9 Å². The van der Waals surface area contributed by atoms with Crippen LogP contribution < -0.4 is 5.32 Å². The Hall–Kier alpha value is -3.46. The van der Waals surface area contributed by atoms with Gasteiger partial charge in [0.15, 0.2) is 0 Å². The topological polar surface area (TPSA) is 95.8 Å². The molecule has 2 aromatic heterocycles. The smallest absolute Gasteiger partial charge is 0.292 e. The number of thiophene rings is 1. The first-order valence-corrected chi connectivity index (χ1v) is 11.7. The van der Waals surface area contributed by atoms with E-state index in [4.69, 9.17) is 4.52 Å². The van der Waals surface area contributed by atoms with Crippen LogP contribution in [0.2, 0.25) is 0 Å². The van der Waals surface area contributed by atoms with Crippen molar-refractivity contribution in [2.24, 2.45) is 0 Å². The van der Waals surface area contributed by atoms with Gasteiger partial charge >= 0.3 is 0 Å². The number of carbonyl (C=O) groups is 3. The highest BCUT2D eigenvalue weighted by Crippen LogP contribution is 2.26. The van der Waals surface area contributed by atoms with Crippen molar-refractivity contribution >= 4 is 34.1 Å². The zero-order valence-corrected chi connectivity index (χ0v) is 19.6. The minimum atomic E-state index is -0.250. The Morgan fingerprint density at radius 1 is 1.00 bits per heavy atom. The van der Waals surface area contributed by atoms with Crippen LogP contribution in [0.3, 0.4) is 0 Å². The zero-order chi connectivity index (χ0) is 23.5. The van der Waals surface area contributed by atoms with Gasteiger partial charge in [-0.05, 0) is 42.0 Å². The molecule has 9 heteroatoms. The molecule has 0 unspecified atom stereocenters. The SMILES string of the molecule is Cc1cc(C(=O)N2CCN(C(=O)c3ccsc3NC(=O)c3ccc(C(C)C)cc3)CC2)on1. The van der Waals surface area contributed by atoms with Crippen LogP contribution in [-0.2, 0) is 0 Å². The van der Waals surface area contributed by atoms with Crippen molar-refractivity contribution in [2.75, 3.05) is 31.5 Å². The molecular weight excluding hydrogens is 440 g/mol. The minimum Gasteiger partial charge on any atom is -0.351 e. The number of piperazine rings is 1. The second-order valence-electron chi connectivity index (χ2n) is 8.31. The van der Waals surface area contributed by atoms with Gasteiger partial charge in [0.05, 0.1) is 11.3 Å². The standard InChI is InChI=1S/C24H26N4O4S/c1-15(2)17-4-6-18(7-5-17)21(29)25-22-19(8-13-33-22)23(30)27-9-11-28(12-10-27)24(31)20-14-16(3)26-32-20/h4-8,13-15H,9-12H2,1-3H3,(H,25,29). The van der Waals surface area contributed by atoms with E-state index < -0.39 is 0 Å². The Kier molecular flexibility index (Phi) is 6.60. The fraction of sp³-hybridized carbons (Fsp3) is 0.333. The molecule has 0 atom stereocenters. The molecule has 3 aromatic rings. The van der Waals surface area contributed by atoms with Gasteiger partial charge in [-0.1, -0.05) is 31.1 Å². The van der Waals surface area contributed by atoms with Crippen LogP contribution in [0.1, 0.15) is 62.3 Å². The molecule has 0 aliphatic carbocycles. The highest BCUT2D eigenvalue weighted by molar-refractivity contribution is 7.14. The molecule has 8 nitrogen and oxygen atoms in total. The maximum atomic E-state index is 13.1. The number of hydrogen-bond acceptors (Lipinski definition) is 6. The third-order valence-electron chi connectivity index (χ3n) is 5.66. The lowest BCUT2D eigenvalue weighted by Crippen LogP contribution is -2.50. The summed E-state index contributed by atoms with van der Waals surface area (Å²) < 4.78 is 5.06. The monoisotopic (exact) mass is 466 g/mol. The lowest BCUT2D eigenvalue weighted by atomic mass is 10.0. The predicted molar refractivity (Wildman–Crippen MR) is 126 cm³/mol. The molecule has 1 N–H and O–H groups in total. The number of aromatic nitrogens is 1. The number of anilines is 1. The number of hydrogen-bond donors (Lipinski definition) is 1. The summed E-state index contributed by atoms with van der Waals surface area (Å²) in [6, 6.07) is 10.8. The molecule has 1 fully saturated rings. The van der Waals surface area contributed by atoms with Crippen LogP contribution in [0.15, 0.2) is 46.3 Å². The van der Waals surface area contributed by atoms with E-state index >= 15 is 0 Å². The first kappa shape index (κ1) is 22.7. The van der Waals surface area contributed by atoms with Crippen LogP contribution in [0, 0.1) is 6.92 Å². The number of nitrogens with one attached hydrogen (secondary N) is 1. The molecule has 1 aliphatic rings. The zero-order valence-electron chi connectivity index (χ0n) is 18.8. The van der Waals surface area contributed by atoms with Gasteiger partial charge in [0.25, 0.3) is 17.7 Å². The lowest BCUT2D eigenvalue weighted by molar-refractivity contribution is 0.0513. The fourth-order valence-corrected chi connectivity index (χ4v) is 4.45. The van der Waals surface area contributed by atoms with E-state index in [1.807, 2.05) is 12.1 Å². The Morgan fingerprint density at radius 2 is 1.64 bits per heavy atom. The van der Waals surface area contributed by atoms with Crippen molar-refractivity contribution < 1.29 is 18.9 Å². The Morgan fingerprint density at radius 3 is 2.21 bits per heavy atom. The summed E-state index contributed by atoms with van der Waals surface area (Å²) in [5.41, 5.74) is 2.81. The molecule has 0 saturated carbocycles. The summed E-state index contributed by atoms with van der Waals surface area (Å²) in [4.78, 5) is 41.7. The van der Waals surface area contributed by atoms with Crippen LogP contribution in [-0.4, -0.2) is 58.9 Å². The van der Waals surface area contributed by atoms with Gasteiger partial charge < -0.3 is 19.6 Å². The summed E-state index contributed by atoms with van der Waals surface area (Å²) in [5.74, 6) is -0.0469. The van der Waals surface area contributed by atoms with Crippen molar-refractivity contribution in [3.63, 3.8) is 0 Å². The van der Waals surface area contributed by atoms with E-state index in [9.17, 15) is 14.4 Å². The lowest BCUT2D eigenvalue weighted by Gasteiger charge is -2.34. The van der Waals surface area contributed by atoms with Crippen molar-refractivity contribution in [1.29, 1.82) is 0 Å². The third kappa shape index (κ3) is 4.98. The van der Waals surface area contributed by atoms with E-state index in [1.165, 1.54) is 11.3 Å². The molecule has 0 bridgehead atoms. The number of aryl methyl sites for hydroxylation is 1. The third-order valence-corrected chi connectivity index (χ3v) is 6.48. The molecule has 33 heavy (non-hydrogen) atoms. The minimum absolute atomic E-state index is 0.163. The second kappa shape index (κ2) is 9.58. The molecule has 1 saturated heterocycles. The highest BCUT2D eigenvalue weighted by Gasteiger charge is 2.29. The van der Waals surface area contributed by atoms with Gasteiger partial charge in [0.2, 0.25) is 5.76 Å². The number of rotatable bonds is 5. The Balaban J connectivity index is 1.38. The maximum Gasteiger partial charge on any atom is 0.292 e. The molecule has 1 aromatic carbocycles. The van der Waals surface area contributed by atoms with Gasteiger partial charge in [0, 0.05) is 37.8 Å². The van der Waals surface area contributed by atoms with E-state index in [0.717, 1.165) is 5.56 Å². The summed E-state index contributed by atoms with van der Waals surface area (Å²) in [6.07, 6.45) is 0. The quantitative estimate of drug-likeness (QED) is 0.613. The summed E-state index contributed by atoms with van der Waals surface area (Å²) in [5, 5.41) is 8.94. The fourth-order valence-electron chi connectivity index (χ4n) is 3.67. The molecule has 3 amide bonds. The highest BCUT2D eigenvalue weighted by atomic mass is 32.1. The maximum absolute atomic E-state index is 13.1. The largest absolute Gasteiger partial charge is 0.351 e. The van der Waals surface area contributed by atoms with Gasteiger partial charge in [-0.15, -0.1) is 11.3 Å². The summed E-state index contributed by atoms with van der Waals surface area (Å²) in [6.45, 7) is 7.56. The molecule has 0 radical (unpaired) electrons. The molecule has 172 valence electrons. The van der Waals surface area contributed by atoms with Gasteiger partial charge in [-0.3, -0.25) is 14.4 Å². The van der Waals surface area contributed by atoms with Gasteiger partial charge in [-0.25, -0.2) is 0 Å². The van der Waals surface area contributed by atoms with Crippen LogP contribution in [0.4, 0.5) is 5.00 Å². The predicted octanol–water partition coefficient (Wildman–Crippen LogP) is 4.02. The molecular formula is C24H26N4O4S. The van der Waals surface area contributed by atoms with Crippen LogP contribution >= 0.6 is 11.3 Å². The Labute approximate surface area is 196 Å². The first-order valence-electron chi connectivity index (χ1n) is 10.8. The number of nitrogens with zero attached hydrogens (tertiary/aromatic N) is 3. The normalized spacial score (nSPS) is 13.9. The molecule has 4 rings (SSSR count). The van der Waals surface area contributed by atoms with Gasteiger partial charge in [0.1, 0.15) is 5.00 Å². The number of benzene rings is 1. The van der Waals surface area contributed by atoms with Crippen molar-refractivity contribution in [3.05, 3.63) is 69.9 Å². The molecule has 0 spiro atoms. The van der Waals surface area contributed by atoms with Crippen LogP contribution in [0.5, 0.6) is 0 Å². The van der Waals surface area contributed by atoms with Crippen molar-refractivity contribution in [1.82, 2.24) is 15.0 Å². The second-order valence-corrected chi connectivity index (χ2v) is 9.23. The average molecular weight is 467 g/mol. The first-order chi connectivity index (χ1) is 15.8. The van der Waals surface area contributed by atoms with Gasteiger partial charge in [-0.2, -0.15) is 0 Å².